The van der Waals surface area contributed by atoms with E-state index in [-0.39, 0.29) is 18.1 Å². The first-order valence-electron chi connectivity index (χ1n) is 11.2. The van der Waals surface area contributed by atoms with Crippen LogP contribution in [0.4, 0.5) is 22.4 Å². The quantitative estimate of drug-likeness (QED) is 0.650. The van der Waals surface area contributed by atoms with Crippen molar-refractivity contribution in [1.82, 2.24) is 25.1 Å². The van der Waals surface area contributed by atoms with Gasteiger partial charge in [0.05, 0.1) is 18.9 Å². The van der Waals surface area contributed by atoms with Gasteiger partial charge in [-0.1, -0.05) is 6.08 Å². The summed E-state index contributed by atoms with van der Waals surface area (Å²) in [7, 11) is 2.01. The number of aromatic amines is 1. The molecule has 5 heterocycles. The minimum Gasteiger partial charge on any atom is -0.465 e. The van der Waals surface area contributed by atoms with Crippen molar-refractivity contribution < 1.29 is 14.6 Å². The molecule has 2 fully saturated rings. The smallest absolute Gasteiger partial charge is 0.407 e. The molecule has 170 valence electrons. The van der Waals surface area contributed by atoms with Crippen molar-refractivity contribution in [1.29, 1.82) is 0 Å². The van der Waals surface area contributed by atoms with Crippen LogP contribution in [0, 0.1) is 6.92 Å². The van der Waals surface area contributed by atoms with Gasteiger partial charge in [0.2, 0.25) is 5.95 Å². The number of hydrogen-bond donors (Lipinski definition) is 3. The summed E-state index contributed by atoms with van der Waals surface area (Å²) in [6.07, 6.45) is 5.76. The van der Waals surface area contributed by atoms with Crippen molar-refractivity contribution in [2.24, 2.45) is 0 Å². The lowest BCUT2D eigenvalue weighted by Crippen LogP contribution is -2.58. The van der Waals surface area contributed by atoms with Gasteiger partial charge in [-0.15, -0.1) is 0 Å². The second-order valence-electron chi connectivity index (χ2n) is 8.91. The molecule has 3 N–H and O–H groups in total. The van der Waals surface area contributed by atoms with Gasteiger partial charge in [0.25, 0.3) is 0 Å². The maximum absolute atomic E-state index is 11.8. The maximum atomic E-state index is 11.8. The van der Waals surface area contributed by atoms with Crippen LogP contribution in [0.1, 0.15) is 43.5 Å². The zero-order chi connectivity index (χ0) is 22.2. The topological polar surface area (TPSA) is 120 Å². The molecule has 0 aromatic carbocycles. The first-order valence-corrected chi connectivity index (χ1v) is 11.2. The third kappa shape index (κ3) is 4.02. The Balaban J connectivity index is 1.43. The monoisotopic (exact) mass is 439 g/mol. The standard InChI is InChI=1S/C22H29N7O3/c1-13-8-20(27-26-13)24-19-11-18(14-6-7-32-12-14)23-21(25-19)28(2)17-9-15-4-3-5-16(10-17)29(15)22(30)31/h6,8,11,15-17H,3-5,7,9-10,12H2,1-2H3,(H,30,31)(H2,23,24,25,26,27)/t15-,16+,17+. The zero-order valence-corrected chi connectivity index (χ0v) is 18.4. The highest BCUT2D eigenvalue weighted by Gasteiger charge is 2.42. The number of amides is 1. The number of carbonyl (C=O) groups is 1. The molecule has 32 heavy (non-hydrogen) atoms. The van der Waals surface area contributed by atoms with Crippen LogP contribution in [0.25, 0.3) is 5.57 Å². The van der Waals surface area contributed by atoms with Gasteiger partial charge in [-0.3, -0.25) is 5.10 Å². The normalized spacial score (nSPS) is 24.9. The lowest BCUT2D eigenvalue weighted by atomic mass is 9.81. The van der Waals surface area contributed by atoms with Crippen LogP contribution >= 0.6 is 0 Å². The van der Waals surface area contributed by atoms with Crippen molar-refractivity contribution in [3.05, 3.63) is 29.6 Å². The van der Waals surface area contributed by atoms with Crippen molar-refractivity contribution in [2.45, 2.75) is 57.2 Å². The number of nitrogens with one attached hydrogen (secondary N) is 2. The predicted molar refractivity (Wildman–Crippen MR) is 120 cm³/mol. The summed E-state index contributed by atoms with van der Waals surface area (Å²) in [5.41, 5.74) is 2.83. The number of aromatic nitrogens is 4. The second-order valence-corrected chi connectivity index (χ2v) is 8.91. The van der Waals surface area contributed by atoms with Gasteiger partial charge >= 0.3 is 6.09 Å². The molecule has 0 radical (unpaired) electrons. The summed E-state index contributed by atoms with van der Waals surface area (Å²) < 4.78 is 5.51. The average molecular weight is 440 g/mol. The second kappa shape index (κ2) is 8.42. The molecule has 0 spiro atoms. The number of hydrogen-bond acceptors (Lipinski definition) is 7. The van der Waals surface area contributed by atoms with Gasteiger partial charge in [0.15, 0.2) is 5.82 Å². The molecule has 2 saturated heterocycles. The Morgan fingerprint density at radius 3 is 2.66 bits per heavy atom. The van der Waals surface area contributed by atoms with E-state index in [9.17, 15) is 9.90 Å². The minimum atomic E-state index is -0.798. The lowest BCUT2D eigenvalue weighted by Gasteiger charge is -2.49. The lowest BCUT2D eigenvalue weighted by molar-refractivity contribution is 0.0351. The molecule has 0 saturated carbocycles. The Morgan fingerprint density at radius 2 is 2.03 bits per heavy atom. The van der Waals surface area contributed by atoms with Crippen LogP contribution in [0.5, 0.6) is 0 Å². The first-order chi connectivity index (χ1) is 15.5. The van der Waals surface area contributed by atoms with E-state index in [1.54, 1.807) is 4.90 Å². The van der Waals surface area contributed by atoms with E-state index in [1.807, 2.05) is 32.2 Å². The minimum absolute atomic E-state index is 0.0613. The van der Waals surface area contributed by atoms with Crippen LogP contribution in [0.3, 0.4) is 0 Å². The zero-order valence-electron chi connectivity index (χ0n) is 18.4. The molecule has 5 rings (SSSR count). The van der Waals surface area contributed by atoms with Crippen LogP contribution in [-0.4, -0.2) is 74.7 Å². The SMILES string of the molecule is Cc1cc(Nc2cc(C3=CCOC3)nc(N(C)[C@H]3C[C@H]4CCC[C@@H](C3)N4C(=O)O)n2)n[nH]1. The number of fused-ring (bicyclic) bond motifs is 2. The highest BCUT2D eigenvalue weighted by atomic mass is 16.5. The van der Waals surface area contributed by atoms with Crippen LogP contribution in [-0.2, 0) is 4.74 Å². The third-order valence-electron chi connectivity index (χ3n) is 6.74. The number of aryl methyl sites for hydroxylation is 1. The molecule has 0 aliphatic carbocycles. The van der Waals surface area contributed by atoms with E-state index in [4.69, 9.17) is 14.7 Å². The molecule has 10 nitrogen and oxygen atoms in total. The molecule has 2 aromatic heterocycles. The van der Waals surface area contributed by atoms with E-state index in [0.717, 1.165) is 49.1 Å². The van der Waals surface area contributed by atoms with Crippen molar-refractivity contribution in [3.8, 4) is 0 Å². The molecular weight excluding hydrogens is 410 g/mol. The number of rotatable bonds is 5. The number of anilines is 3. The third-order valence-corrected chi connectivity index (χ3v) is 6.74. The Kier molecular flexibility index (Phi) is 5.46. The number of ether oxygens (including phenoxy) is 1. The number of carboxylic acid groups (broad SMARTS) is 1. The van der Waals surface area contributed by atoms with Crippen molar-refractivity contribution in [3.63, 3.8) is 0 Å². The highest BCUT2D eigenvalue weighted by molar-refractivity contribution is 5.69. The van der Waals surface area contributed by atoms with Crippen molar-refractivity contribution in [2.75, 3.05) is 30.5 Å². The summed E-state index contributed by atoms with van der Waals surface area (Å²) in [4.78, 5) is 25.2. The van der Waals surface area contributed by atoms with E-state index < -0.39 is 6.09 Å². The summed E-state index contributed by atoms with van der Waals surface area (Å²) in [5, 5.41) is 20.1. The summed E-state index contributed by atoms with van der Waals surface area (Å²) >= 11 is 0. The molecule has 2 bridgehead atoms. The van der Waals surface area contributed by atoms with Gasteiger partial charge in [-0.25, -0.2) is 9.78 Å². The Labute approximate surface area is 186 Å². The van der Waals surface area contributed by atoms with E-state index in [1.165, 1.54) is 0 Å². The number of piperidine rings is 2. The fraction of sp³-hybridized carbons (Fsp3) is 0.545. The molecule has 3 aliphatic rings. The molecular formula is C22H29N7O3. The summed E-state index contributed by atoms with van der Waals surface area (Å²) in [6.45, 7) is 3.06. The van der Waals surface area contributed by atoms with Gasteiger partial charge < -0.3 is 25.0 Å². The fourth-order valence-corrected chi connectivity index (χ4v) is 5.14. The summed E-state index contributed by atoms with van der Waals surface area (Å²) in [6, 6.07) is 4.15. The Bertz CT molecular complexity index is 1020. The van der Waals surface area contributed by atoms with Crippen LogP contribution < -0.4 is 10.2 Å². The van der Waals surface area contributed by atoms with Gasteiger partial charge in [-0.05, 0) is 39.0 Å². The van der Waals surface area contributed by atoms with E-state index >= 15 is 0 Å². The highest BCUT2D eigenvalue weighted by Crippen LogP contribution is 2.37. The molecule has 0 unspecified atom stereocenters. The maximum Gasteiger partial charge on any atom is 0.407 e. The molecule has 2 aromatic rings. The molecule has 1 amide bonds. The van der Waals surface area contributed by atoms with E-state index in [2.05, 4.69) is 20.4 Å². The Hall–Kier alpha value is -3.14. The van der Waals surface area contributed by atoms with Crippen LogP contribution in [0.15, 0.2) is 18.2 Å². The van der Waals surface area contributed by atoms with Gasteiger partial charge in [0, 0.05) is 48.6 Å². The van der Waals surface area contributed by atoms with E-state index in [0.29, 0.717) is 30.8 Å². The Morgan fingerprint density at radius 1 is 1.25 bits per heavy atom. The number of H-pyrrole nitrogens is 1. The largest absolute Gasteiger partial charge is 0.465 e. The molecule has 10 heteroatoms. The van der Waals surface area contributed by atoms with Gasteiger partial charge in [0.1, 0.15) is 5.82 Å². The molecule has 3 aliphatic heterocycles. The average Bonchev–Trinajstić information content (AvgIpc) is 3.44. The first kappa shape index (κ1) is 20.7. The van der Waals surface area contributed by atoms with Crippen LogP contribution in [0.2, 0.25) is 0 Å². The van der Waals surface area contributed by atoms with Crippen molar-refractivity contribution >= 4 is 29.3 Å². The summed E-state index contributed by atoms with van der Waals surface area (Å²) in [5.74, 6) is 1.98. The van der Waals surface area contributed by atoms with Gasteiger partial charge in [-0.2, -0.15) is 10.1 Å². The fourth-order valence-electron chi connectivity index (χ4n) is 5.14. The predicted octanol–water partition coefficient (Wildman–Crippen LogP) is 3.17. The molecule has 3 atom stereocenters. The number of nitrogens with zero attached hydrogens (tertiary/aromatic N) is 5.